The SMILES string of the molecule is CC(=O)COC(=O)C(C)OC(=O)CNC(=O)C(C)(C)C. The minimum atomic E-state index is -1.13. The summed E-state index contributed by atoms with van der Waals surface area (Å²) < 4.78 is 9.36. The van der Waals surface area contributed by atoms with Gasteiger partial charge in [0.1, 0.15) is 13.2 Å². The van der Waals surface area contributed by atoms with E-state index in [1.165, 1.54) is 13.8 Å². The van der Waals surface area contributed by atoms with Crippen LogP contribution in [0.3, 0.4) is 0 Å². The van der Waals surface area contributed by atoms with Crippen molar-refractivity contribution < 1.29 is 28.7 Å². The van der Waals surface area contributed by atoms with Gasteiger partial charge in [-0.05, 0) is 13.8 Å². The van der Waals surface area contributed by atoms with Crippen LogP contribution in [-0.2, 0) is 28.7 Å². The summed E-state index contributed by atoms with van der Waals surface area (Å²) in [6.07, 6.45) is -1.13. The summed E-state index contributed by atoms with van der Waals surface area (Å²) in [6, 6.07) is 0. The lowest BCUT2D eigenvalue weighted by molar-refractivity contribution is -0.167. The molecular weight excluding hydrogens is 266 g/mol. The molecule has 0 bridgehead atoms. The number of ether oxygens (including phenoxy) is 2. The van der Waals surface area contributed by atoms with Gasteiger partial charge in [-0.15, -0.1) is 0 Å². The summed E-state index contributed by atoms with van der Waals surface area (Å²) in [6.45, 7) is 7.01. The lowest BCUT2D eigenvalue weighted by Gasteiger charge is -2.18. The molecule has 0 aromatic heterocycles. The van der Waals surface area contributed by atoms with E-state index in [-0.39, 0.29) is 24.8 Å². The molecule has 114 valence electrons. The van der Waals surface area contributed by atoms with Crippen LogP contribution in [0.2, 0.25) is 0 Å². The van der Waals surface area contributed by atoms with Crippen molar-refractivity contribution in [3.63, 3.8) is 0 Å². The topological polar surface area (TPSA) is 98.8 Å². The summed E-state index contributed by atoms with van der Waals surface area (Å²) in [5.41, 5.74) is -0.619. The molecule has 0 rings (SSSR count). The Morgan fingerprint density at radius 1 is 1.15 bits per heavy atom. The number of esters is 2. The number of hydrogen-bond acceptors (Lipinski definition) is 6. The molecule has 20 heavy (non-hydrogen) atoms. The molecule has 1 unspecified atom stereocenters. The van der Waals surface area contributed by atoms with E-state index >= 15 is 0 Å². The van der Waals surface area contributed by atoms with Crippen molar-refractivity contribution in [2.45, 2.75) is 40.7 Å². The van der Waals surface area contributed by atoms with Crippen LogP contribution in [0.25, 0.3) is 0 Å². The molecule has 1 amide bonds. The molecule has 0 aliphatic rings. The van der Waals surface area contributed by atoms with Crippen molar-refractivity contribution in [2.75, 3.05) is 13.2 Å². The Labute approximate surface area is 118 Å². The van der Waals surface area contributed by atoms with Gasteiger partial charge in [0.15, 0.2) is 11.9 Å². The maximum atomic E-state index is 11.5. The van der Waals surface area contributed by atoms with Crippen molar-refractivity contribution in [3.8, 4) is 0 Å². The van der Waals surface area contributed by atoms with Crippen molar-refractivity contribution in [1.82, 2.24) is 5.32 Å². The molecule has 1 atom stereocenters. The highest BCUT2D eigenvalue weighted by molar-refractivity contribution is 5.87. The fourth-order valence-electron chi connectivity index (χ4n) is 0.995. The van der Waals surface area contributed by atoms with Gasteiger partial charge < -0.3 is 14.8 Å². The third-order valence-electron chi connectivity index (χ3n) is 2.13. The van der Waals surface area contributed by atoms with Crippen LogP contribution in [0.1, 0.15) is 34.6 Å². The molecule has 0 aliphatic carbocycles. The van der Waals surface area contributed by atoms with Crippen LogP contribution in [-0.4, -0.2) is 42.9 Å². The number of amides is 1. The fourth-order valence-corrected chi connectivity index (χ4v) is 0.995. The van der Waals surface area contributed by atoms with E-state index < -0.39 is 23.5 Å². The lowest BCUT2D eigenvalue weighted by Crippen LogP contribution is -2.39. The summed E-state index contributed by atoms with van der Waals surface area (Å²) in [7, 11) is 0. The maximum absolute atomic E-state index is 11.5. The molecule has 0 aliphatic heterocycles. The predicted molar refractivity (Wildman–Crippen MR) is 69.7 cm³/mol. The Balaban J connectivity index is 4.11. The highest BCUT2D eigenvalue weighted by Crippen LogP contribution is 2.12. The number of carbonyl (C=O) groups is 4. The van der Waals surface area contributed by atoms with Crippen LogP contribution in [0, 0.1) is 5.41 Å². The molecule has 0 aromatic rings. The zero-order valence-corrected chi connectivity index (χ0v) is 12.4. The third-order valence-corrected chi connectivity index (χ3v) is 2.13. The first kappa shape index (κ1) is 18.1. The quantitative estimate of drug-likeness (QED) is 0.701. The third kappa shape index (κ3) is 7.50. The summed E-state index contributed by atoms with van der Waals surface area (Å²) in [5, 5.41) is 2.40. The van der Waals surface area contributed by atoms with E-state index in [0.717, 1.165) is 0 Å². The number of Topliss-reactive ketones (excluding diaryl/α,β-unsaturated/α-hetero) is 1. The van der Waals surface area contributed by atoms with Crippen LogP contribution < -0.4 is 5.32 Å². The molecule has 0 spiro atoms. The second-order valence-corrected chi connectivity index (χ2v) is 5.37. The molecule has 0 aromatic carbocycles. The molecule has 0 saturated carbocycles. The maximum Gasteiger partial charge on any atom is 0.347 e. The highest BCUT2D eigenvalue weighted by atomic mass is 16.6. The van der Waals surface area contributed by atoms with Crippen LogP contribution >= 0.6 is 0 Å². The zero-order chi connectivity index (χ0) is 15.9. The van der Waals surface area contributed by atoms with Gasteiger partial charge in [-0.1, -0.05) is 20.8 Å². The van der Waals surface area contributed by atoms with Crippen molar-refractivity contribution >= 4 is 23.6 Å². The van der Waals surface area contributed by atoms with Crippen molar-refractivity contribution in [3.05, 3.63) is 0 Å². The van der Waals surface area contributed by atoms with Gasteiger partial charge in [-0.3, -0.25) is 14.4 Å². The molecule has 1 N–H and O–H groups in total. The average Bonchev–Trinajstić information content (AvgIpc) is 2.31. The number of nitrogens with one attached hydrogen (secondary N) is 1. The Hall–Kier alpha value is -1.92. The Morgan fingerprint density at radius 2 is 1.70 bits per heavy atom. The molecule has 0 radical (unpaired) electrons. The van der Waals surface area contributed by atoms with Gasteiger partial charge in [-0.25, -0.2) is 4.79 Å². The van der Waals surface area contributed by atoms with Gasteiger partial charge in [-0.2, -0.15) is 0 Å². The molecule has 0 fully saturated rings. The first-order valence-corrected chi connectivity index (χ1v) is 6.18. The van der Waals surface area contributed by atoms with Crippen molar-refractivity contribution in [2.24, 2.45) is 5.41 Å². The van der Waals surface area contributed by atoms with E-state index in [0.29, 0.717) is 0 Å². The first-order chi connectivity index (χ1) is 9.04. The van der Waals surface area contributed by atoms with E-state index in [4.69, 9.17) is 4.74 Å². The molecule has 0 saturated heterocycles. The minimum absolute atomic E-state index is 0.304. The van der Waals surface area contributed by atoms with E-state index in [9.17, 15) is 19.2 Å². The van der Waals surface area contributed by atoms with Gasteiger partial charge in [0, 0.05) is 5.41 Å². The molecule has 7 heteroatoms. The van der Waals surface area contributed by atoms with Gasteiger partial charge in [0.2, 0.25) is 5.91 Å². The van der Waals surface area contributed by atoms with Gasteiger partial charge in [0.05, 0.1) is 0 Å². The normalized spacial score (nSPS) is 12.2. The monoisotopic (exact) mass is 287 g/mol. The summed E-state index contributed by atoms with van der Waals surface area (Å²) in [5.74, 6) is -2.18. The van der Waals surface area contributed by atoms with Gasteiger partial charge >= 0.3 is 11.9 Å². The van der Waals surface area contributed by atoms with E-state index in [2.05, 4.69) is 10.1 Å². The Bertz CT molecular complexity index is 396. The van der Waals surface area contributed by atoms with Crippen molar-refractivity contribution in [1.29, 1.82) is 0 Å². The van der Waals surface area contributed by atoms with Crippen LogP contribution in [0.5, 0.6) is 0 Å². The molecular formula is C13H21NO6. The van der Waals surface area contributed by atoms with Gasteiger partial charge in [0.25, 0.3) is 0 Å². The highest BCUT2D eigenvalue weighted by Gasteiger charge is 2.23. The number of hydrogen-bond donors (Lipinski definition) is 1. The minimum Gasteiger partial charge on any atom is -0.455 e. The second kappa shape index (κ2) is 7.62. The number of carbonyl (C=O) groups excluding carboxylic acids is 4. The predicted octanol–water partition coefficient (Wildman–Crippen LogP) is 0.213. The molecule has 7 nitrogen and oxygen atoms in total. The Morgan fingerprint density at radius 3 is 2.15 bits per heavy atom. The summed E-state index contributed by atoms with van der Waals surface area (Å²) in [4.78, 5) is 44.9. The largest absolute Gasteiger partial charge is 0.455 e. The van der Waals surface area contributed by atoms with E-state index in [1.807, 2.05) is 0 Å². The number of rotatable bonds is 6. The molecule has 0 heterocycles. The zero-order valence-electron chi connectivity index (χ0n) is 12.4. The fraction of sp³-hybridized carbons (Fsp3) is 0.692. The second-order valence-electron chi connectivity index (χ2n) is 5.37. The van der Waals surface area contributed by atoms with Crippen LogP contribution in [0.15, 0.2) is 0 Å². The standard InChI is InChI=1S/C13H21NO6/c1-8(15)7-19-11(17)9(2)20-10(16)6-14-12(18)13(3,4)5/h9H,6-7H2,1-5H3,(H,14,18). The lowest BCUT2D eigenvalue weighted by atomic mass is 9.96. The van der Waals surface area contributed by atoms with E-state index in [1.54, 1.807) is 20.8 Å². The van der Waals surface area contributed by atoms with Crippen LogP contribution in [0.4, 0.5) is 0 Å². The average molecular weight is 287 g/mol. The Kier molecular flexibility index (Phi) is 6.89. The smallest absolute Gasteiger partial charge is 0.347 e. The summed E-state index contributed by atoms with van der Waals surface area (Å²) >= 11 is 0. The first-order valence-electron chi connectivity index (χ1n) is 6.18. The number of ketones is 1.